The van der Waals surface area contributed by atoms with E-state index in [2.05, 4.69) is 9.82 Å². The first-order valence-corrected chi connectivity index (χ1v) is 8.45. The summed E-state index contributed by atoms with van der Waals surface area (Å²) in [7, 11) is -1.80. The molecular formula is C12H15N3O4S2. The zero-order valence-electron chi connectivity index (χ0n) is 11.3. The Kier molecular flexibility index (Phi) is 4.76. The number of rotatable bonds is 7. The summed E-state index contributed by atoms with van der Waals surface area (Å²) in [4.78, 5) is 11.1. The van der Waals surface area contributed by atoms with Gasteiger partial charge in [-0.25, -0.2) is 13.1 Å². The van der Waals surface area contributed by atoms with Gasteiger partial charge in [-0.3, -0.25) is 9.48 Å². The van der Waals surface area contributed by atoms with Crippen molar-refractivity contribution in [3.05, 3.63) is 35.0 Å². The zero-order chi connectivity index (χ0) is 15.5. The molecule has 0 unspecified atom stereocenters. The van der Waals surface area contributed by atoms with Crippen LogP contribution in [-0.2, 0) is 34.7 Å². The number of carboxylic acid groups (broad SMARTS) is 1. The molecule has 2 aromatic rings. The van der Waals surface area contributed by atoms with Gasteiger partial charge in [-0.05, 0) is 18.2 Å². The molecule has 2 N–H and O–H groups in total. The first-order chi connectivity index (χ1) is 9.87. The third kappa shape index (κ3) is 4.38. The summed E-state index contributed by atoms with van der Waals surface area (Å²) in [6.45, 7) is 0.242. The van der Waals surface area contributed by atoms with Crippen molar-refractivity contribution in [2.75, 3.05) is 6.54 Å². The summed E-state index contributed by atoms with van der Waals surface area (Å²) in [5, 5.41) is 12.8. The van der Waals surface area contributed by atoms with E-state index < -0.39 is 16.0 Å². The first kappa shape index (κ1) is 15.7. The van der Waals surface area contributed by atoms with E-state index in [4.69, 9.17) is 5.11 Å². The van der Waals surface area contributed by atoms with Gasteiger partial charge in [0.15, 0.2) is 0 Å². The van der Waals surface area contributed by atoms with E-state index in [-0.39, 0.29) is 17.2 Å². The number of sulfonamides is 1. The van der Waals surface area contributed by atoms with Crippen molar-refractivity contribution < 1.29 is 18.3 Å². The van der Waals surface area contributed by atoms with E-state index in [0.717, 1.165) is 17.0 Å². The highest BCUT2D eigenvalue weighted by Crippen LogP contribution is 2.21. The Morgan fingerprint density at radius 1 is 1.43 bits per heavy atom. The van der Waals surface area contributed by atoms with Crippen molar-refractivity contribution >= 4 is 27.3 Å². The molecule has 0 aliphatic rings. The number of nitrogens with one attached hydrogen (secondary N) is 1. The molecule has 21 heavy (non-hydrogen) atoms. The Morgan fingerprint density at radius 2 is 2.19 bits per heavy atom. The summed E-state index contributed by atoms with van der Waals surface area (Å²) in [6.07, 6.45) is 2.11. The van der Waals surface area contributed by atoms with E-state index in [1.54, 1.807) is 17.9 Å². The third-order valence-electron chi connectivity index (χ3n) is 2.67. The number of hydrogen-bond donors (Lipinski definition) is 2. The molecule has 2 heterocycles. The molecule has 0 aliphatic carbocycles. The number of carbonyl (C=O) groups is 1. The predicted molar refractivity (Wildman–Crippen MR) is 77.8 cm³/mol. The fourth-order valence-corrected chi connectivity index (χ4v) is 4.15. The monoisotopic (exact) mass is 329 g/mol. The molecule has 2 aromatic heterocycles. The molecule has 2 rings (SSSR count). The van der Waals surface area contributed by atoms with Gasteiger partial charge in [0, 0.05) is 31.1 Å². The summed E-state index contributed by atoms with van der Waals surface area (Å²) in [5.41, 5.74) is 0.804. The highest BCUT2D eigenvalue weighted by atomic mass is 32.2. The number of nitrogens with zero attached hydrogens (tertiary/aromatic N) is 2. The maximum atomic E-state index is 12.1. The molecule has 0 amide bonds. The molecule has 0 aliphatic heterocycles. The minimum atomic E-state index is -3.60. The fourth-order valence-electron chi connectivity index (χ4n) is 1.73. The summed E-state index contributed by atoms with van der Waals surface area (Å²) in [6, 6.07) is 4.77. The molecular weight excluding hydrogens is 314 g/mol. The van der Waals surface area contributed by atoms with Crippen molar-refractivity contribution in [1.29, 1.82) is 0 Å². The predicted octanol–water partition coefficient (Wildman–Crippen LogP) is 0.630. The van der Waals surface area contributed by atoms with Crippen LogP contribution in [0.15, 0.2) is 28.6 Å². The average molecular weight is 329 g/mol. The van der Waals surface area contributed by atoms with Gasteiger partial charge in [0.25, 0.3) is 0 Å². The Bertz CT molecular complexity index is 733. The quantitative estimate of drug-likeness (QED) is 0.776. The second-order valence-corrected chi connectivity index (χ2v) is 7.58. The van der Waals surface area contributed by atoms with Gasteiger partial charge in [0.05, 0.1) is 12.1 Å². The van der Waals surface area contributed by atoms with Gasteiger partial charge in [0.2, 0.25) is 10.0 Å². The molecule has 0 saturated carbocycles. The maximum absolute atomic E-state index is 12.1. The van der Waals surface area contributed by atoms with Crippen LogP contribution in [0.25, 0.3) is 0 Å². The van der Waals surface area contributed by atoms with Crippen molar-refractivity contribution in [3.8, 4) is 0 Å². The second-order valence-electron chi connectivity index (χ2n) is 4.42. The van der Waals surface area contributed by atoms with Crippen LogP contribution in [0.2, 0.25) is 0 Å². The molecule has 9 heteroatoms. The smallest absolute Gasteiger partial charge is 0.308 e. The summed E-state index contributed by atoms with van der Waals surface area (Å²) < 4.78 is 28.4. The standard InChI is InChI=1S/C12H15N3O4S2/c1-15-7-5-9(14-15)4-6-13-21(18,19)12-3-2-10(20-12)8-11(16)17/h2-3,5,7,13H,4,6,8H2,1H3,(H,16,17). The highest BCUT2D eigenvalue weighted by Gasteiger charge is 2.17. The number of aromatic nitrogens is 2. The van der Waals surface area contributed by atoms with Crippen LogP contribution in [0.3, 0.4) is 0 Å². The van der Waals surface area contributed by atoms with Gasteiger partial charge in [-0.2, -0.15) is 5.10 Å². The molecule has 0 atom stereocenters. The van der Waals surface area contributed by atoms with Crippen molar-refractivity contribution in [2.45, 2.75) is 17.1 Å². The highest BCUT2D eigenvalue weighted by molar-refractivity contribution is 7.91. The molecule has 0 aromatic carbocycles. The van der Waals surface area contributed by atoms with E-state index in [1.807, 2.05) is 6.07 Å². The largest absolute Gasteiger partial charge is 0.481 e. The molecule has 0 bridgehead atoms. The number of carboxylic acids is 1. The zero-order valence-corrected chi connectivity index (χ0v) is 12.9. The lowest BCUT2D eigenvalue weighted by Crippen LogP contribution is -2.25. The minimum absolute atomic E-state index is 0.125. The van der Waals surface area contributed by atoms with Crippen molar-refractivity contribution in [1.82, 2.24) is 14.5 Å². The number of aryl methyl sites for hydroxylation is 1. The molecule has 0 radical (unpaired) electrons. The third-order valence-corrected chi connectivity index (χ3v) is 5.71. The van der Waals surface area contributed by atoms with Crippen LogP contribution < -0.4 is 4.72 Å². The SMILES string of the molecule is Cn1ccc(CCNS(=O)(=O)c2ccc(CC(=O)O)s2)n1. The van der Waals surface area contributed by atoms with Crippen molar-refractivity contribution in [2.24, 2.45) is 7.05 Å². The minimum Gasteiger partial charge on any atom is -0.481 e. The topological polar surface area (TPSA) is 101 Å². The van der Waals surface area contributed by atoms with Crippen LogP contribution in [0.1, 0.15) is 10.6 Å². The second kappa shape index (κ2) is 6.37. The molecule has 0 spiro atoms. The Morgan fingerprint density at radius 3 is 2.81 bits per heavy atom. The molecule has 7 nitrogen and oxygen atoms in total. The van der Waals surface area contributed by atoms with Crippen molar-refractivity contribution in [3.63, 3.8) is 0 Å². The van der Waals surface area contributed by atoms with Gasteiger partial charge < -0.3 is 5.11 Å². The van der Waals surface area contributed by atoms with Gasteiger partial charge in [-0.15, -0.1) is 11.3 Å². The maximum Gasteiger partial charge on any atom is 0.308 e. The van der Waals surface area contributed by atoms with Gasteiger partial charge >= 0.3 is 5.97 Å². The number of thiophene rings is 1. The molecule has 0 fully saturated rings. The lowest BCUT2D eigenvalue weighted by atomic mass is 10.3. The molecule has 0 saturated heterocycles. The van der Waals surface area contributed by atoms with Crippen LogP contribution in [-0.4, -0.2) is 35.8 Å². The van der Waals surface area contributed by atoms with E-state index in [1.165, 1.54) is 12.1 Å². The Hall–Kier alpha value is -1.71. The van der Waals surface area contributed by atoms with Crippen LogP contribution in [0, 0.1) is 0 Å². The van der Waals surface area contributed by atoms with Gasteiger partial charge in [-0.1, -0.05) is 0 Å². The van der Waals surface area contributed by atoms with Crippen LogP contribution in [0.5, 0.6) is 0 Å². The van der Waals surface area contributed by atoms with E-state index >= 15 is 0 Å². The molecule has 114 valence electrons. The Balaban J connectivity index is 1.94. The summed E-state index contributed by atoms with van der Waals surface area (Å²) in [5.74, 6) is -0.982. The van der Waals surface area contributed by atoms with Crippen LogP contribution >= 0.6 is 11.3 Å². The van der Waals surface area contributed by atoms with Gasteiger partial charge in [0.1, 0.15) is 4.21 Å². The van der Waals surface area contributed by atoms with E-state index in [0.29, 0.717) is 11.3 Å². The normalized spacial score (nSPS) is 11.7. The average Bonchev–Trinajstić information content (AvgIpc) is 2.98. The Labute approximate surface area is 126 Å². The van der Waals surface area contributed by atoms with Crippen LogP contribution in [0.4, 0.5) is 0 Å². The lowest BCUT2D eigenvalue weighted by molar-refractivity contribution is -0.136. The number of aliphatic carboxylic acids is 1. The fraction of sp³-hybridized carbons (Fsp3) is 0.333. The summed E-state index contributed by atoms with van der Waals surface area (Å²) >= 11 is 0.967. The number of hydrogen-bond acceptors (Lipinski definition) is 5. The lowest BCUT2D eigenvalue weighted by Gasteiger charge is -2.03. The van der Waals surface area contributed by atoms with E-state index in [9.17, 15) is 13.2 Å². The first-order valence-electron chi connectivity index (χ1n) is 6.15.